The van der Waals surface area contributed by atoms with Gasteiger partial charge in [0.1, 0.15) is 0 Å². The van der Waals surface area contributed by atoms with Crippen LogP contribution in [0.2, 0.25) is 0 Å². The summed E-state index contributed by atoms with van der Waals surface area (Å²) in [5.74, 6) is 0. The molecule has 0 radical (unpaired) electrons. The van der Waals surface area contributed by atoms with Crippen LogP contribution in [0.15, 0.2) is 115 Å². The molecule has 0 saturated carbocycles. The van der Waals surface area contributed by atoms with E-state index in [1.54, 1.807) is 0 Å². The highest BCUT2D eigenvalue weighted by atomic mass is 31.2. The molecule has 0 amide bonds. The molecule has 1 N–H and O–H groups in total. The maximum Gasteiger partial charge on any atom is 0.173 e. The Morgan fingerprint density at radius 3 is 1.62 bits per heavy atom. The molecular formula is C26H20NOP. The van der Waals surface area contributed by atoms with Crippen LogP contribution in [0.25, 0.3) is 22.2 Å². The number of hydrogen-bond acceptors (Lipinski definition) is 1. The van der Waals surface area contributed by atoms with E-state index in [1.807, 2.05) is 97.1 Å². The molecule has 0 fully saturated rings. The van der Waals surface area contributed by atoms with Crippen molar-refractivity contribution >= 4 is 34.0 Å². The van der Waals surface area contributed by atoms with Gasteiger partial charge in [-0.3, -0.25) is 0 Å². The molecule has 2 nitrogen and oxygen atoms in total. The van der Waals surface area contributed by atoms with Crippen molar-refractivity contribution in [1.82, 2.24) is 4.98 Å². The quantitative estimate of drug-likeness (QED) is 0.403. The Bertz CT molecular complexity index is 1260. The molecule has 0 atom stereocenters. The van der Waals surface area contributed by atoms with Crippen molar-refractivity contribution in [3.05, 3.63) is 115 Å². The van der Waals surface area contributed by atoms with Crippen LogP contribution < -0.4 is 15.9 Å². The lowest BCUT2D eigenvalue weighted by atomic mass is 10.1. The molecule has 0 spiro atoms. The Hall–Kier alpha value is -3.35. The predicted octanol–water partition coefficient (Wildman–Crippen LogP) is 5.47. The van der Waals surface area contributed by atoms with E-state index in [-0.39, 0.29) is 0 Å². The average Bonchev–Trinajstić information content (AvgIpc) is 3.20. The third-order valence-corrected chi connectivity index (χ3v) is 8.44. The van der Waals surface area contributed by atoms with Crippen molar-refractivity contribution in [2.24, 2.45) is 0 Å². The van der Waals surface area contributed by atoms with E-state index in [4.69, 9.17) is 0 Å². The number of H-pyrrole nitrogens is 1. The largest absolute Gasteiger partial charge is 0.354 e. The Kier molecular flexibility index (Phi) is 4.42. The summed E-state index contributed by atoms with van der Waals surface area (Å²) < 4.78 is 15.1. The summed E-state index contributed by atoms with van der Waals surface area (Å²) in [6.45, 7) is 0. The van der Waals surface area contributed by atoms with E-state index < -0.39 is 7.14 Å². The van der Waals surface area contributed by atoms with E-state index >= 15 is 4.57 Å². The van der Waals surface area contributed by atoms with Crippen LogP contribution in [0.5, 0.6) is 0 Å². The van der Waals surface area contributed by atoms with Crippen molar-refractivity contribution in [1.29, 1.82) is 0 Å². The van der Waals surface area contributed by atoms with Crippen LogP contribution in [-0.4, -0.2) is 4.98 Å². The summed E-state index contributed by atoms with van der Waals surface area (Å²) >= 11 is 0. The first-order chi connectivity index (χ1) is 14.3. The molecule has 5 rings (SSSR count). The maximum absolute atomic E-state index is 15.1. The summed E-state index contributed by atoms with van der Waals surface area (Å²) in [5.41, 5.74) is 2.95. The van der Waals surface area contributed by atoms with Crippen LogP contribution in [0.4, 0.5) is 0 Å². The zero-order valence-corrected chi connectivity index (χ0v) is 16.7. The van der Waals surface area contributed by atoms with Gasteiger partial charge < -0.3 is 9.55 Å². The Morgan fingerprint density at radius 1 is 0.552 bits per heavy atom. The third-order valence-electron chi connectivity index (χ3n) is 5.30. The van der Waals surface area contributed by atoms with Gasteiger partial charge in [0.25, 0.3) is 0 Å². The van der Waals surface area contributed by atoms with E-state index in [0.717, 1.165) is 38.1 Å². The number of nitrogens with one attached hydrogen (secondary N) is 1. The average molecular weight is 393 g/mol. The predicted molar refractivity (Wildman–Crippen MR) is 123 cm³/mol. The number of aromatic amines is 1. The monoisotopic (exact) mass is 393 g/mol. The van der Waals surface area contributed by atoms with Crippen molar-refractivity contribution in [2.75, 3.05) is 0 Å². The van der Waals surface area contributed by atoms with Gasteiger partial charge in [0.2, 0.25) is 0 Å². The van der Waals surface area contributed by atoms with E-state index in [1.165, 1.54) is 0 Å². The number of aromatic nitrogens is 1. The summed E-state index contributed by atoms with van der Waals surface area (Å²) in [6, 6.07) is 38.0. The molecule has 0 aliphatic heterocycles. The topological polar surface area (TPSA) is 32.9 Å². The molecule has 0 bridgehead atoms. The minimum Gasteiger partial charge on any atom is -0.354 e. The van der Waals surface area contributed by atoms with Crippen molar-refractivity contribution in [3.63, 3.8) is 0 Å². The zero-order valence-electron chi connectivity index (χ0n) is 15.8. The van der Waals surface area contributed by atoms with E-state index in [2.05, 4.69) is 23.2 Å². The number of para-hydroxylation sites is 1. The minimum absolute atomic E-state index is 0.841. The fraction of sp³-hybridized carbons (Fsp3) is 0. The minimum atomic E-state index is -3.11. The molecule has 1 aromatic heterocycles. The third kappa shape index (κ3) is 2.93. The second kappa shape index (κ2) is 7.24. The SMILES string of the molecule is O=P(c1ccccc1)(c1ccccc1)c1c(-c2ccccc2)[nH]c2ccccc12. The molecule has 5 aromatic rings. The molecule has 0 aliphatic rings. The molecule has 0 aliphatic carbocycles. The molecule has 1 heterocycles. The van der Waals surface area contributed by atoms with Crippen LogP contribution in [0.1, 0.15) is 0 Å². The van der Waals surface area contributed by atoms with E-state index in [0.29, 0.717) is 0 Å². The van der Waals surface area contributed by atoms with Crippen LogP contribution in [-0.2, 0) is 4.57 Å². The van der Waals surface area contributed by atoms with Crippen LogP contribution in [0, 0.1) is 0 Å². The van der Waals surface area contributed by atoms with Crippen LogP contribution >= 0.6 is 7.14 Å². The second-order valence-electron chi connectivity index (χ2n) is 7.04. The fourth-order valence-electron chi connectivity index (χ4n) is 3.95. The summed E-state index contributed by atoms with van der Waals surface area (Å²) in [4.78, 5) is 3.55. The Morgan fingerprint density at radius 2 is 1.03 bits per heavy atom. The van der Waals surface area contributed by atoms with Gasteiger partial charge in [-0.1, -0.05) is 109 Å². The summed E-state index contributed by atoms with van der Waals surface area (Å²) in [5, 5.41) is 3.56. The highest BCUT2D eigenvalue weighted by molar-refractivity contribution is 7.86. The first-order valence-corrected chi connectivity index (χ1v) is 11.4. The second-order valence-corrected chi connectivity index (χ2v) is 9.74. The number of fused-ring (bicyclic) bond motifs is 1. The number of rotatable bonds is 4. The molecule has 4 aromatic carbocycles. The Labute approximate surface area is 170 Å². The molecule has 29 heavy (non-hydrogen) atoms. The lowest BCUT2D eigenvalue weighted by Gasteiger charge is -2.21. The first kappa shape index (κ1) is 17.7. The lowest BCUT2D eigenvalue weighted by molar-refractivity contribution is 0.592. The number of benzene rings is 4. The van der Waals surface area contributed by atoms with Gasteiger partial charge >= 0.3 is 0 Å². The first-order valence-electron chi connectivity index (χ1n) is 9.66. The van der Waals surface area contributed by atoms with Gasteiger partial charge in [-0.2, -0.15) is 0 Å². The van der Waals surface area contributed by atoms with Gasteiger partial charge in [-0.05, 0) is 11.6 Å². The standard InChI is InChI=1S/C26H20NOP/c28-29(21-14-6-2-7-15-21,22-16-8-3-9-17-22)26-23-18-10-11-19-24(23)27-25(26)20-12-4-1-5-13-20/h1-19,27H. The smallest absolute Gasteiger partial charge is 0.173 e. The molecule has 140 valence electrons. The van der Waals surface area contributed by atoms with Gasteiger partial charge in [0, 0.05) is 21.5 Å². The fourth-order valence-corrected chi connectivity index (χ4v) is 6.98. The van der Waals surface area contributed by atoms with Gasteiger partial charge in [-0.25, -0.2) is 0 Å². The summed E-state index contributed by atoms with van der Waals surface area (Å²) in [6.07, 6.45) is 0. The molecule has 3 heteroatoms. The highest BCUT2D eigenvalue weighted by Crippen LogP contribution is 2.47. The van der Waals surface area contributed by atoms with Crippen LogP contribution in [0.3, 0.4) is 0 Å². The summed E-state index contributed by atoms with van der Waals surface area (Å²) in [7, 11) is -3.11. The van der Waals surface area contributed by atoms with Gasteiger partial charge in [0.05, 0.1) is 11.0 Å². The van der Waals surface area contributed by atoms with Gasteiger partial charge in [0.15, 0.2) is 7.14 Å². The molecular weight excluding hydrogens is 373 g/mol. The van der Waals surface area contributed by atoms with E-state index in [9.17, 15) is 0 Å². The maximum atomic E-state index is 15.1. The van der Waals surface area contributed by atoms with Crippen molar-refractivity contribution in [3.8, 4) is 11.3 Å². The highest BCUT2D eigenvalue weighted by Gasteiger charge is 2.35. The Balaban J connectivity index is 1.92. The zero-order chi connectivity index (χ0) is 19.7. The molecule has 0 saturated heterocycles. The normalized spacial score (nSPS) is 11.6. The van der Waals surface area contributed by atoms with Gasteiger partial charge in [-0.15, -0.1) is 0 Å². The lowest BCUT2D eigenvalue weighted by Crippen LogP contribution is -2.25. The van der Waals surface area contributed by atoms with Crippen molar-refractivity contribution in [2.45, 2.75) is 0 Å². The molecule has 0 unspecified atom stereocenters. The van der Waals surface area contributed by atoms with Crippen molar-refractivity contribution < 1.29 is 4.57 Å². The number of hydrogen-bond donors (Lipinski definition) is 1.